The van der Waals surface area contributed by atoms with Crippen LogP contribution in [0.5, 0.6) is 5.75 Å². The van der Waals surface area contributed by atoms with Gasteiger partial charge in [-0.3, -0.25) is 0 Å². The molecule has 0 saturated carbocycles. The number of aliphatic hydroxyl groups excluding tert-OH is 3. The normalized spacial score (nSPS) is 29.9. The van der Waals surface area contributed by atoms with Crippen molar-refractivity contribution >= 4 is 17.5 Å². The van der Waals surface area contributed by atoms with Gasteiger partial charge in [0.2, 0.25) is 0 Å². The number of thiocarbonyl (C=S) groups is 1. The number of benzene rings is 1. The van der Waals surface area contributed by atoms with E-state index < -0.39 is 37.3 Å². The van der Waals surface area contributed by atoms with Gasteiger partial charge in [0.15, 0.2) is 12.4 Å². The predicted molar refractivity (Wildman–Crippen MR) is 88.5 cm³/mol. The van der Waals surface area contributed by atoms with Gasteiger partial charge in [0.25, 0.3) is 0 Å². The molecule has 24 heavy (non-hydrogen) atoms. The zero-order valence-electron chi connectivity index (χ0n) is 13.3. The van der Waals surface area contributed by atoms with E-state index in [0.717, 1.165) is 6.42 Å². The molecule has 0 unspecified atom stereocenters. The van der Waals surface area contributed by atoms with Crippen molar-refractivity contribution in [3.8, 4) is 5.75 Å². The second-order valence-corrected chi connectivity index (χ2v) is 5.66. The quantitative estimate of drug-likeness (QED) is 0.636. The van der Waals surface area contributed by atoms with Gasteiger partial charge < -0.3 is 34.3 Å². The van der Waals surface area contributed by atoms with E-state index in [1.54, 1.807) is 24.3 Å². The Balaban J connectivity index is 2.02. The van der Waals surface area contributed by atoms with Crippen molar-refractivity contribution in [3.05, 3.63) is 30.3 Å². The standard InChI is InChI=1S/C16H22O7S/c1-2-8-20-15-13(19)14(12(18)11(9-17)22-15)23-16(24)21-10-6-4-3-5-7-10/h3-7,11-15,17-19H,2,8-9H2,1H3/t11-,12-,13+,14+,15-/m1/s1. The van der Waals surface area contributed by atoms with Crippen LogP contribution in [0.1, 0.15) is 13.3 Å². The topological polar surface area (TPSA) is 97.6 Å². The van der Waals surface area contributed by atoms with Gasteiger partial charge in [0.1, 0.15) is 24.1 Å². The third-order valence-electron chi connectivity index (χ3n) is 3.48. The number of ether oxygens (including phenoxy) is 4. The molecule has 5 atom stereocenters. The second kappa shape index (κ2) is 9.26. The smallest absolute Gasteiger partial charge is 0.358 e. The highest BCUT2D eigenvalue weighted by Crippen LogP contribution is 2.25. The Morgan fingerprint density at radius 2 is 1.92 bits per heavy atom. The van der Waals surface area contributed by atoms with E-state index in [-0.39, 0.29) is 5.24 Å². The van der Waals surface area contributed by atoms with Crippen molar-refractivity contribution in [3.63, 3.8) is 0 Å². The summed E-state index contributed by atoms with van der Waals surface area (Å²) < 4.78 is 21.5. The molecule has 1 aromatic carbocycles. The molecule has 7 nitrogen and oxygen atoms in total. The third kappa shape index (κ3) is 4.85. The summed E-state index contributed by atoms with van der Waals surface area (Å²) in [6, 6.07) is 8.75. The summed E-state index contributed by atoms with van der Waals surface area (Å²) >= 11 is 5.01. The highest BCUT2D eigenvalue weighted by Gasteiger charge is 2.47. The lowest BCUT2D eigenvalue weighted by Crippen LogP contribution is -2.60. The van der Waals surface area contributed by atoms with Crippen molar-refractivity contribution in [1.82, 2.24) is 0 Å². The Morgan fingerprint density at radius 3 is 2.54 bits per heavy atom. The van der Waals surface area contributed by atoms with Crippen LogP contribution >= 0.6 is 12.2 Å². The Morgan fingerprint density at radius 1 is 1.21 bits per heavy atom. The summed E-state index contributed by atoms with van der Waals surface area (Å²) in [5.74, 6) is 0.469. The largest absolute Gasteiger partial charge is 0.447 e. The molecule has 1 aliphatic rings. The van der Waals surface area contributed by atoms with Crippen molar-refractivity contribution in [1.29, 1.82) is 0 Å². The fraction of sp³-hybridized carbons (Fsp3) is 0.562. The van der Waals surface area contributed by atoms with Crippen LogP contribution in [0.4, 0.5) is 0 Å². The summed E-state index contributed by atoms with van der Waals surface area (Å²) in [6.45, 7) is 1.81. The molecule has 0 bridgehead atoms. The van der Waals surface area contributed by atoms with E-state index >= 15 is 0 Å². The molecule has 3 N–H and O–H groups in total. The Kier molecular flexibility index (Phi) is 7.35. The number of rotatable bonds is 6. The van der Waals surface area contributed by atoms with Crippen LogP contribution in [-0.2, 0) is 14.2 Å². The SMILES string of the molecule is CCCO[C@@H]1O[C@H](CO)[C@@H](O)[C@H](OC(=S)Oc2ccccc2)[C@@H]1O. The van der Waals surface area contributed by atoms with Crippen LogP contribution in [0, 0.1) is 0 Å². The van der Waals surface area contributed by atoms with Crippen LogP contribution in [0.3, 0.4) is 0 Å². The average molecular weight is 358 g/mol. The maximum atomic E-state index is 10.3. The Hall–Kier alpha value is -1.29. The van der Waals surface area contributed by atoms with E-state index in [0.29, 0.717) is 12.4 Å². The van der Waals surface area contributed by atoms with Gasteiger partial charge in [-0.15, -0.1) is 0 Å². The minimum absolute atomic E-state index is 0.253. The van der Waals surface area contributed by atoms with Crippen LogP contribution in [0.15, 0.2) is 30.3 Å². The first-order valence-corrected chi connectivity index (χ1v) is 8.15. The number of para-hydroxylation sites is 1. The zero-order valence-corrected chi connectivity index (χ0v) is 14.1. The number of hydrogen-bond acceptors (Lipinski definition) is 8. The molecule has 1 heterocycles. The van der Waals surface area contributed by atoms with Gasteiger partial charge in [-0.25, -0.2) is 0 Å². The van der Waals surface area contributed by atoms with E-state index in [2.05, 4.69) is 0 Å². The zero-order chi connectivity index (χ0) is 17.5. The molecular weight excluding hydrogens is 336 g/mol. The Labute approximate surface area is 145 Å². The third-order valence-corrected chi connectivity index (χ3v) is 3.66. The maximum Gasteiger partial charge on any atom is 0.358 e. The monoisotopic (exact) mass is 358 g/mol. The van der Waals surface area contributed by atoms with Gasteiger partial charge >= 0.3 is 5.24 Å². The highest BCUT2D eigenvalue weighted by atomic mass is 32.1. The minimum Gasteiger partial charge on any atom is -0.447 e. The molecule has 1 aromatic rings. The summed E-state index contributed by atoms with van der Waals surface area (Å²) in [5.41, 5.74) is 0. The van der Waals surface area contributed by atoms with E-state index in [1.165, 1.54) is 0 Å². The molecule has 8 heteroatoms. The molecule has 1 fully saturated rings. The van der Waals surface area contributed by atoms with Crippen LogP contribution in [0.25, 0.3) is 0 Å². The molecule has 0 aliphatic carbocycles. The minimum atomic E-state index is -1.29. The van der Waals surface area contributed by atoms with Gasteiger partial charge in [0, 0.05) is 18.8 Å². The van der Waals surface area contributed by atoms with Crippen LogP contribution in [0.2, 0.25) is 0 Å². The predicted octanol–water partition coefficient (Wildman–Crippen LogP) is 0.601. The summed E-state index contributed by atoms with van der Waals surface area (Å²) in [5, 5.41) is 29.6. The van der Waals surface area contributed by atoms with Crippen LogP contribution in [-0.4, -0.2) is 64.5 Å². The van der Waals surface area contributed by atoms with E-state index in [4.69, 9.17) is 31.2 Å². The summed E-state index contributed by atoms with van der Waals surface area (Å²) in [7, 11) is 0. The van der Waals surface area contributed by atoms with E-state index in [9.17, 15) is 15.3 Å². The molecule has 0 spiro atoms. The molecule has 0 aromatic heterocycles. The molecule has 1 aliphatic heterocycles. The molecule has 134 valence electrons. The summed E-state index contributed by atoms with van der Waals surface area (Å²) in [6.07, 6.45) is -4.99. The highest BCUT2D eigenvalue weighted by molar-refractivity contribution is 7.79. The fourth-order valence-electron chi connectivity index (χ4n) is 2.28. The Bertz CT molecular complexity index is 512. The molecule has 2 rings (SSSR count). The van der Waals surface area contributed by atoms with Gasteiger partial charge in [0.05, 0.1) is 6.61 Å². The lowest BCUT2D eigenvalue weighted by Gasteiger charge is -2.41. The van der Waals surface area contributed by atoms with Crippen molar-refractivity contribution in [2.24, 2.45) is 0 Å². The first-order valence-electron chi connectivity index (χ1n) is 7.74. The maximum absolute atomic E-state index is 10.3. The summed E-state index contributed by atoms with van der Waals surface area (Å²) in [4.78, 5) is 0. The lowest BCUT2D eigenvalue weighted by atomic mass is 9.99. The number of hydrogen-bond donors (Lipinski definition) is 3. The second-order valence-electron chi connectivity index (χ2n) is 5.33. The lowest BCUT2D eigenvalue weighted by molar-refractivity contribution is -0.299. The first-order chi connectivity index (χ1) is 11.6. The van der Waals surface area contributed by atoms with Gasteiger partial charge in [-0.1, -0.05) is 25.1 Å². The molecular formula is C16H22O7S. The molecule has 0 amide bonds. The average Bonchev–Trinajstić information content (AvgIpc) is 2.59. The fourth-order valence-corrected chi connectivity index (χ4v) is 2.49. The van der Waals surface area contributed by atoms with Gasteiger partial charge in [-0.2, -0.15) is 0 Å². The molecule has 0 radical (unpaired) electrons. The van der Waals surface area contributed by atoms with Gasteiger partial charge in [-0.05, 0) is 18.6 Å². The van der Waals surface area contributed by atoms with Crippen molar-refractivity contribution < 1.29 is 34.3 Å². The van der Waals surface area contributed by atoms with E-state index in [1.807, 2.05) is 13.0 Å². The van der Waals surface area contributed by atoms with Crippen LogP contribution < -0.4 is 4.74 Å². The first kappa shape index (κ1) is 19.0. The van der Waals surface area contributed by atoms with Crippen molar-refractivity contribution in [2.75, 3.05) is 13.2 Å². The van der Waals surface area contributed by atoms with Crippen molar-refractivity contribution in [2.45, 2.75) is 44.1 Å². The molecule has 1 saturated heterocycles. The number of aliphatic hydroxyl groups is 3.